The van der Waals surface area contributed by atoms with Gasteiger partial charge in [0.05, 0.1) is 18.7 Å². The molecule has 2 saturated heterocycles. The maximum atomic E-state index is 13.1. The summed E-state index contributed by atoms with van der Waals surface area (Å²) < 4.78 is 7.06. The van der Waals surface area contributed by atoms with Crippen LogP contribution in [0.2, 0.25) is 0 Å². The van der Waals surface area contributed by atoms with Gasteiger partial charge in [0.25, 0.3) is 11.8 Å². The van der Waals surface area contributed by atoms with Crippen molar-refractivity contribution in [1.29, 1.82) is 0 Å². The molecule has 0 unspecified atom stereocenters. The Kier molecular flexibility index (Phi) is 5.09. The van der Waals surface area contributed by atoms with Gasteiger partial charge in [0.15, 0.2) is 5.69 Å². The number of ether oxygens (including phenoxy) is 1. The number of likely N-dealkylation sites (N-methyl/N-ethyl adjacent to an activating group) is 1. The summed E-state index contributed by atoms with van der Waals surface area (Å²) in [6.45, 7) is 8.38. The van der Waals surface area contributed by atoms with Crippen LogP contribution in [0.15, 0.2) is 24.4 Å². The first-order valence-corrected chi connectivity index (χ1v) is 9.54. The molecule has 8 heteroatoms. The van der Waals surface area contributed by atoms with E-state index in [0.29, 0.717) is 56.4 Å². The lowest BCUT2D eigenvalue weighted by atomic mass is 10.2. The number of rotatable bonds is 3. The minimum atomic E-state index is -0.158. The molecular formula is C19H25N5O3. The highest BCUT2D eigenvalue weighted by Crippen LogP contribution is 2.18. The smallest absolute Gasteiger partial charge is 0.290 e. The van der Waals surface area contributed by atoms with Crippen LogP contribution < -0.4 is 0 Å². The molecular weight excluding hydrogens is 346 g/mol. The van der Waals surface area contributed by atoms with Crippen LogP contribution in [-0.4, -0.2) is 94.9 Å². The third-order valence-electron chi connectivity index (χ3n) is 5.35. The second-order valence-corrected chi connectivity index (χ2v) is 6.87. The molecule has 0 N–H and O–H groups in total. The van der Waals surface area contributed by atoms with E-state index in [1.807, 2.05) is 23.1 Å². The largest absolute Gasteiger partial charge is 0.378 e. The summed E-state index contributed by atoms with van der Waals surface area (Å²) in [4.78, 5) is 36.5. The van der Waals surface area contributed by atoms with Gasteiger partial charge in [-0.3, -0.25) is 14.0 Å². The minimum absolute atomic E-state index is 0.101. The van der Waals surface area contributed by atoms with Crippen molar-refractivity contribution in [2.45, 2.75) is 6.92 Å². The molecule has 2 aromatic heterocycles. The van der Waals surface area contributed by atoms with Crippen molar-refractivity contribution >= 4 is 17.3 Å². The highest BCUT2D eigenvalue weighted by atomic mass is 16.5. The molecule has 2 aromatic rings. The minimum Gasteiger partial charge on any atom is -0.378 e. The second kappa shape index (κ2) is 7.66. The summed E-state index contributed by atoms with van der Waals surface area (Å²) in [5.41, 5.74) is 1.04. The van der Waals surface area contributed by atoms with E-state index in [1.165, 1.54) is 0 Å². The number of nitrogens with zero attached hydrogens (tertiary/aromatic N) is 5. The zero-order valence-electron chi connectivity index (χ0n) is 15.6. The van der Waals surface area contributed by atoms with E-state index in [0.717, 1.165) is 19.6 Å². The van der Waals surface area contributed by atoms with Gasteiger partial charge in [0, 0.05) is 45.5 Å². The average Bonchev–Trinajstić information content (AvgIpc) is 3.13. The number of hydrogen-bond acceptors (Lipinski definition) is 5. The third-order valence-corrected chi connectivity index (χ3v) is 5.35. The molecule has 2 amide bonds. The maximum Gasteiger partial charge on any atom is 0.290 e. The second-order valence-electron chi connectivity index (χ2n) is 6.87. The highest BCUT2D eigenvalue weighted by molar-refractivity contribution is 6.02. The molecule has 0 aromatic carbocycles. The Morgan fingerprint density at radius 2 is 1.70 bits per heavy atom. The third kappa shape index (κ3) is 3.42. The molecule has 8 nitrogen and oxygen atoms in total. The number of amides is 2. The lowest BCUT2D eigenvalue weighted by molar-refractivity contribution is 0.0294. The number of morpholine rings is 1. The Bertz CT molecular complexity index is 835. The summed E-state index contributed by atoms with van der Waals surface area (Å²) in [5, 5.41) is 0. The normalized spacial score (nSPS) is 18.9. The fourth-order valence-electron chi connectivity index (χ4n) is 3.67. The molecule has 2 aliphatic heterocycles. The van der Waals surface area contributed by atoms with Crippen LogP contribution in [0.3, 0.4) is 0 Å². The molecule has 27 heavy (non-hydrogen) atoms. The Morgan fingerprint density at radius 3 is 2.41 bits per heavy atom. The van der Waals surface area contributed by atoms with Gasteiger partial charge < -0.3 is 19.4 Å². The van der Waals surface area contributed by atoms with Gasteiger partial charge >= 0.3 is 0 Å². The van der Waals surface area contributed by atoms with Crippen LogP contribution in [-0.2, 0) is 4.74 Å². The first kappa shape index (κ1) is 17.9. The van der Waals surface area contributed by atoms with Gasteiger partial charge in [0.1, 0.15) is 0 Å². The topological polar surface area (TPSA) is 70.4 Å². The SMILES string of the molecule is CCN1CCN(C(=O)c2nc(C(=O)N3CCOCC3)n3ccccc23)CC1. The molecule has 0 aliphatic carbocycles. The van der Waals surface area contributed by atoms with Gasteiger partial charge in [-0.05, 0) is 18.7 Å². The maximum absolute atomic E-state index is 13.1. The molecule has 144 valence electrons. The van der Waals surface area contributed by atoms with E-state index >= 15 is 0 Å². The lowest BCUT2D eigenvalue weighted by Gasteiger charge is -2.33. The lowest BCUT2D eigenvalue weighted by Crippen LogP contribution is -2.48. The van der Waals surface area contributed by atoms with Gasteiger partial charge in [0.2, 0.25) is 5.82 Å². The summed E-state index contributed by atoms with van der Waals surface area (Å²) >= 11 is 0. The summed E-state index contributed by atoms with van der Waals surface area (Å²) in [6, 6.07) is 5.56. The van der Waals surface area contributed by atoms with Crippen molar-refractivity contribution in [1.82, 2.24) is 24.1 Å². The van der Waals surface area contributed by atoms with Crippen LogP contribution in [0.1, 0.15) is 28.0 Å². The van der Waals surface area contributed by atoms with Crippen LogP contribution in [0, 0.1) is 0 Å². The Morgan fingerprint density at radius 1 is 1.00 bits per heavy atom. The number of pyridine rings is 1. The van der Waals surface area contributed by atoms with Crippen LogP contribution >= 0.6 is 0 Å². The molecule has 0 radical (unpaired) electrons. The molecule has 2 aliphatic rings. The molecule has 0 saturated carbocycles. The number of piperazine rings is 1. The predicted molar refractivity (Wildman–Crippen MR) is 99.9 cm³/mol. The zero-order chi connectivity index (χ0) is 18.8. The number of imidazole rings is 1. The van der Waals surface area contributed by atoms with Crippen LogP contribution in [0.4, 0.5) is 0 Å². The number of carbonyl (C=O) groups excluding carboxylic acids is 2. The fourth-order valence-corrected chi connectivity index (χ4v) is 3.67. The Balaban J connectivity index is 1.63. The summed E-state index contributed by atoms with van der Waals surface area (Å²) in [6.07, 6.45) is 1.79. The van der Waals surface area contributed by atoms with Crippen molar-refractivity contribution < 1.29 is 14.3 Å². The first-order chi connectivity index (χ1) is 13.2. The molecule has 0 bridgehead atoms. The van der Waals surface area contributed by atoms with E-state index in [1.54, 1.807) is 15.5 Å². The number of fused-ring (bicyclic) bond motifs is 1. The fraction of sp³-hybridized carbons (Fsp3) is 0.526. The number of aromatic nitrogens is 2. The molecule has 2 fully saturated rings. The van der Waals surface area contributed by atoms with E-state index in [9.17, 15) is 9.59 Å². The van der Waals surface area contributed by atoms with E-state index in [-0.39, 0.29) is 11.8 Å². The van der Waals surface area contributed by atoms with Crippen molar-refractivity contribution in [3.8, 4) is 0 Å². The number of carbonyl (C=O) groups is 2. The van der Waals surface area contributed by atoms with Crippen molar-refractivity contribution in [3.63, 3.8) is 0 Å². The van der Waals surface area contributed by atoms with Crippen molar-refractivity contribution in [3.05, 3.63) is 35.9 Å². The highest BCUT2D eigenvalue weighted by Gasteiger charge is 2.29. The van der Waals surface area contributed by atoms with Gasteiger partial charge in [-0.1, -0.05) is 13.0 Å². The van der Waals surface area contributed by atoms with Gasteiger partial charge in [-0.2, -0.15) is 0 Å². The standard InChI is InChI=1S/C19H25N5O3/c1-2-21-7-9-22(10-8-21)18(25)16-15-5-3-4-6-24(15)17(20-16)19(26)23-11-13-27-14-12-23/h3-6H,2,7-14H2,1H3. The molecule has 4 rings (SSSR count). The Hall–Kier alpha value is -2.45. The van der Waals surface area contributed by atoms with Crippen LogP contribution in [0.25, 0.3) is 5.52 Å². The molecule has 0 spiro atoms. The molecule has 0 atom stereocenters. The number of hydrogen-bond donors (Lipinski definition) is 0. The van der Waals surface area contributed by atoms with E-state index in [2.05, 4.69) is 16.8 Å². The average molecular weight is 371 g/mol. The van der Waals surface area contributed by atoms with E-state index < -0.39 is 0 Å². The molecule has 4 heterocycles. The van der Waals surface area contributed by atoms with E-state index in [4.69, 9.17) is 4.74 Å². The van der Waals surface area contributed by atoms with Gasteiger partial charge in [-0.15, -0.1) is 0 Å². The van der Waals surface area contributed by atoms with Gasteiger partial charge in [-0.25, -0.2) is 4.98 Å². The van der Waals surface area contributed by atoms with Crippen LogP contribution in [0.5, 0.6) is 0 Å². The monoisotopic (exact) mass is 371 g/mol. The quantitative estimate of drug-likeness (QED) is 0.790. The summed E-state index contributed by atoms with van der Waals surface area (Å²) in [5.74, 6) is 0.0351. The van der Waals surface area contributed by atoms with Crippen molar-refractivity contribution in [2.24, 2.45) is 0 Å². The predicted octanol–water partition coefficient (Wildman–Crippen LogP) is 0.584. The Labute approximate surface area is 158 Å². The van der Waals surface area contributed by atoms with Crippen molar-refractivity contribution in [2.75, 3.05) is 59.0 Å². The first-order valence-electron chi connectivity index (χ1n) is 9.54. The summed E-state index contributed by atoms with van der Waals surface area (Å²) in [7, 11) is 0. The zero-order valence-corrected chi connectivity index (χ0v) is 15.6.